The largest absolute Gasteiger partial charge is 0.313 e. The molecule has 0 saturated carbocycles. The highest BCUT2D eigenvalue weighted by molar-refractivity contribution is 5.83. The number of benzene rings is 4. The van der Waals surface area contributed by atoms with Crippen LogP contribution in [0.3, 0.4) is 0 Å². The van der Waals surface area contributed by atoms with E-state index in [1.54, 1.807) is 0 Å². The second-order valence-corrected chi connectivity index (χ2v) is 10.4. The summed E-state index contributed by atoms with van der Waals surface area (Å²) in [7, 11) is 0. The van der Waals surface area contributed by atoms with Gasteiger partial charge in [-0.05, 0) is 71.5 Å². The molecule has 0 bridgehead atoms. The van der Waals surface area contributed by atoms with Crippen LogP contribution >= 0.6 is 0 Å². The van der Waals surface area contributed by atoms with Crippen LogP contribution in [-0.4, -0.2) is 38.3 Å². The Kier molecular flexibility index (Phi) is 8.29. The summed E-state index contributed by atoms with van der Waals surface area (Å²) in [5, 5.41) is 20.5. The van der Waals surface area contributed by atoms with Gasteiger partial charge in [-0.25, -0.2) is 0 Å². The lowest BCUT2D eigenvalue weighted by molar-refractivity contribution is 0.371. The highest BCUT2D eigenvalue weighted by atomic mass is 15.0. The molecule has 0 aromatic heterocycles. The molecule has 4 atom stereocenters. The smallest absolute Gasteiger partial charge is 0.0335 e. The van der Waals surface area contributed by atoms with Gasteiger partial charge >= 0.3 is 0 Å². The number of nitrogens with one attached hydrogen (secondary N) is 4. The zero-order valence-electron chi connectivity index (χ0n) is 21.6. The summed E-state index contributed by atoms with van der Waals surface area (Å²) in [6.07, 6.45) is 2.12. The van der Waals surface area contributed by atoms with Gasteiger partial charge in [0.05, 0.1) is 0 Å². The Morgan fingerprint density at radius 1 is 0.472 bits per heavy atom. The quantitative estimate of drug-likeness (QED) is 0.297. The Balaban J connectivity index is 1.33. The predicted octanol–water partition coefficient (Wildman–Crippen LogP) is 5.70. The third kappa shape index (κ3) is 6.32. The minimum absolute atomic E-state index is 0.313. The van der Waals surface area contributed by atoms with Gasteiger partial charge in [-0.2, -0.15) is 0 Å². The Hall–Kier alpha value is -2.76. The number of hydrogen-bond donors (Lipinski definition) is 4. The SMILES string of the molecule is C[C@H]1C[C@@H](c2ccc3ccccc3c2)NCCN[C@H](c2ccc3ccccc3c2)C[C@H](C)NCCN1. The van der Waals surface area contributed by atoms with E-state index < -0.39 is 0 Å². The van der Waals surface area contributed by atoms with E-state index in [-0.39, 0.29) is 0 Å². The van der Waals surface area contributed by atoms with E-state index in [0.717, 1.165) is 39.0 Å². The lowest BCUT2D eigenvalue weighted by Crippen LogP contribution is -2.42. The normalized spacial score (nSPS) is 24.9. The Labute approximate surface area is 215 Å². The predicted molar refractivity (Wildman–Crippen MR) is 154 cm³/mol. The van der Waals surface area contributed by atoms with Crippen molar-refractivity contribution >= 4 is 21.5 Å². The molecule has 0 spiro atoms. The summed E-state index contributed by atoms with van der Waals surface area (Å²) in [5.74, 6) is 0. The summed E-state index contributed by atoms with van der Waals surface area (Å²) in [5.41, 5.74) is 2.74. The van der Waals surface area contributed by atoms with E-state index >= 15 is 0 Å². The molecule has 1 fully saturated rings. The number of rotatable bonds is 2. The first kappa shape index (κ1) is 24.9. The molecule has 4 aromatic rings. The van der Waals surface area contributed by atoms with Crippen molar-refractivity contribution in [3.8, 4) is 0 Å². The van der Waals surface area contributed by atoms with Crippen LogP contribution in [-0.2, 0) is 0 Å². The fourth-order valence-corrected chi connectivity index (χ4v) is 5.53. The van der Waals surface area contributed by atoms with Crippen LogP contribution in [0.1, 0.15) is 49.9 Å². The van der Waals surface area contributed by atoms with Crippen molar-refractivity contribution in [2.24, 2.45) is 0 Å². The molecular formula is C32H40N4. The highest BCUT2D eigenvalue weighted by Gasteiger charge is 2.19. The maximum absolute atomic E-state index is 3.88. The first-order chi connectivity index (χ1) is 17.7. The molecule has 1 aliphatic heterocycles. The average Bonchev–Trinajstić information content (AvgIpc) is 2.91. The molecule has 1 saturated heterocycles. The lowest BCUT2D eigenvalue weighted by atomic mass is 9.96. The Bertz CT molecular complexity index is 1170. The van der Waals surface area contributed by atoms with Crippen LogP contribution in [0, 0.1) is 0 Å². The Morgan fingerprint density at radius 2 is 0.861 bits per heavy atom. The summed E-state index contributed by atoms with van der Waals surface area (Å²) in [6, 6.07) is 32.6. The van der Waals surface area contributed by atoms with E-state index in [2.05, 4.69) is 120 Å². The topological polar surface area (TPSA) is 48.1 Å². The van der Waals surface area contributed by atoms with Crippen molar-refractivity contribution in [2.45, 2.75) is 50.9 Å². The van der Waals surface area contributed by atoms with Gasteiger partial charge in [0.2, 0.25) is 0 Å². The molecule has 4 nitrogen and oxygen atoms in total. The van der Waals surface area contributed by atoms with Gasteiger partial charge in [0, 0.05) is 50.3 Å². The van der Waals surface area contributed by atoms with E-state index in [0.29, 0.717) is 24.2 Å². The molecule has 188 valence electrons. The van der Waals surface area contributed by atoms with E-state index in [1.165, 1.54) is 32.7 Å². The van der Waals surface area contributed by atoms with Gasteiger partial charge < -0.3 is 21.3 Å². The third-order valence-electron chi connectivity index (χ3n) is 7.55. The highest BCUT2D eigenvalue weighted by Crippen LogP contribution is 2.25. The third-order valence-corrected chi connectivity index (χ3v) is 7.55. The maximum atomic E-state index is 3.88. The fraction of sp³-hybridized carbons (Fsp3) is 0.375. The molecule has 4 aromatic carbocycles. The molecule has 0 radical (unpaired) electrons. The average molecular weight is 481 g/mol. The standard InChI is InChI=1S/C32H40N4/c1-23-19-31(29-13-11-25-7-3-5-9-27(25)21-29)35-17-18-36-32(20-24(2)34-16-15-33-23)30-14-12-26-8-4-6-10-28(26)22-30/h3-14,21-24,31-36H,15-20H2,1-2H3/t23-,24-,31-,32-/m0/s1. The molecule has 0 amide bonds. The van der Waals surface area contributed by atoms with E-state index in [4.69, 9.17) is 0 Å². The molecular weight excluding hydrogens is 440 g/mol. The zero-order valence-corrected chi connectivity index (χ0v) is 21.6. The van der Waals surface area contributed by atoms with Crippen LogP contribution < -0.4 is 21.3 Å². The van der Waals surface area contributed by atoms with Crippen molar-refractivity contribution in [1.29, 1.82) is 0 Å². The minimum Gasteiger partial charge on any atom is -0.313 e. The van der Waals surface area contributed by atoms with E-state index in [1.807, 2.05) is 0 Å². The van der Waals surface area contributed by atoms with Gasteiger partial charge in [0.25, 0.3) is 0 Å². The van der Waals surface area contributed by atoms with Crippen LogP contribution in [0.2, 0.25) is 0 Å². The minimum atomic E-state index is 0.313. The Morgan fingerprint density at radius 3 is 1.31 bits per heavy atom. The molecule has 1 heterocycles. The molecule has 1 aliphatic rings. The monoisotopic (exact) mass is 480 g/mol. The van der Waals surface area contributed by atoms with Crippen LogP contribution in [0.15, 0.2) is 84.9 Å². The summed E-state index contributed by atoms with van der Waals surface area (Å²) in [6.45, 7) is 8.41. The van der Waals surface area contributed by atoms with Crippen molar-refractivity contribution < 1.29 is 0 Å². The van der Waals surface area contributed by atoms with Gasteiger partial charge in [0.1, 0.15) is 0 Å². The second kappa shape index (κ2) is 12.0. The molecule has 36 heavy (non-hydrogen) atoms. The van der Waals surface area contributed by atoms with Crippen molar-refractivity contribution in [3.63, 3.8) is 0 Å². The van der Waals surface area contributed by atoms with Crippen LogP contribution in [0.25, 0.3) is 21.5 Å². The number of fused-ring (bicyclic) bond motifs is 2. The first-order valence-corrected chi connectivity index (χ1v) is 13.6. The molecule has 4 heteroatoms. The maximum Gasteiger partial charge on any atom is 0.0335 e. The molecule has 0 unspecified atom stereocenters. The zero-order chi connectivity index (χ0) is 24.7. The second-order valence-electron chi connectivity index (χ2n) is 10.4. The van der Waals surface area contributed by atoms with Gasteiger partial charge in [-0.1, -0.05) is 72.8 Å². The molecule has 0 aliphatic carbocycles. The van der Waals surface area contributed by atoms with E-state index in [9.17, 15) is 0 Å². The molecule has 5 rings (SSSR count). The lowest BCUT2D eigenvalue weighted by Gasteiger charge is -2.28. The fourth-order valence-electron chi connectivity index (χ4n) is 5.53. The van der Waals surface area contributed by atoms with Crippen molar-refractivity contribution in [1.82, 2.24) is 21.3 Å². The van der Waals surface area contributed by atoms with Gasteiger partial charge in [0.15, 0.2) is 0 Å². The summed E-state index contributed by atoms with van der Waals surface area (Å²) >= 11 is 0. The number of hydrogen-bond acceptors (Lipinski definition) is 4. The summed E-state index contributed by atoms with van der Waals surface area (Å²) < 4.78 is 0. The van der Waals surface area contributed by atoms with Crippen molar-refractivity contribution in [2.75, 3.05) is 26.2 Å². The molecule has 4 N–H and O–H groups in total. The van der Waals surface area contributed by atoms with Gasteiger partial charge in [-0.3, -0.25) is 0 Å². The van der Waals surface area contributed by atoms with Crippen molar-refractivity contribution in [3.05, 3.63) is 96.1 Å². The van der Waals surface area contributed by atoms with Crippen LogP contribution in [0.4, 0.5) is 0 Å². The summed E-state index contributed by atoms with van der Waals surface area (Å²) in [4.78, 5) is 0. The van der Waals surface area contributed by atoms with Crippen LogP contribution in [0.5, 0.6) is 0 Å². The van der Waals surface area contributed by atoms with Gasteiger partial charge in [-0.15, -0.1) is 0 Å². The first-order valence-electron chi connectivity index (χ1n) is 13.6.